The molecule has 0 bridgehead atoms. The van der Waals surface area contributed by atoms with Crippen molar-refractivity contribution in [1.29, 1.82) is 0 Å². The molecule has 3 rings (SSSR count). The third-order valence-corrected chi connectivity index (χ3v) is 3.47. The lowest BCUT2D eigenvalue weighted by Gasteiger charge is -2.16. The third kappa shape index (κ3) is 1.97. The summed E-state index contributed by atoms with van der Waals surface area (Å²) in [5, 5.41) is 19.2. The Morgan fingerprint density at radius 3 is 3.05 bits per heavy atom. The molecule has 1 aliphatic heterocycles. The fourth-order valence-corrected chi connectivity index (χ4v) is 2.44. The zero-order chi connectivity index (χ0) is 15.1. The third-order valence-electron chi connectivity index (χ3n) is 3.47. The van der Waals surface area contributed by atoms with Gasteiger partial charge in [0.2, 0.25) is 5.95 Å². The number of nitrogens with two attached hydrogens (primary N) is 1. The summed E-state index contributed by atoms with van der Waals surface area (Å²) < 4.78 is 6.98. The number of terminal acetylenes is 1. The molecule has 4 atom stereocenters. The average Bonchev–Trinajstić information content (AvgIpc) is 2.99. The Kier molecular flexibility index (Phi) is 3.13. The van der Waals surface area contributed by atoms with Crippen molar-refractivity contribution in [3.8, 4) is 12.3 Å². The van der Waals surface area contributed by atoms with E-state index in [0.29, 0.717) is 0 Å². The quantitative estimate of drug-likeness (QED) is 0.479. The highest BCUT2D eigenvalue weighted by Crippen LogP contribution is 2.35. The topological polar surface area (TPSA) is 139 Å². The standard InChI is InChI=1S/C12H13N5O4/c1-2-5-8(19)6(3-18)21-11(5)17-4-14-7-9(17)15-12(13)16-10(7)20/h1,4-6,8,11,18-19H,3H2,(H3,13,15,16,20)/t5-,6+,8-,11+/m0/s1. The highest BCUT2D eigenvalue weighted by Gasteiger charge is 2.44. The maximum absolute atomic E-state index is 11.7. The second-order valence-electron chi connectivity index (χ2n) is 4.71. The Morgan fingerprint density at radius 2 is 2.38 bits per heavy atom. The summed E-state index contributed by atoms with van der Waals surface area (Å²) in [6, 6.07) is 0. The van der Waals surface area contributed by atoms with Crippen molar-refractivity contribution < 1.29 is 14.9 Å². The second kappa shape index (κ2) is 4.85. The van der Waals surface area contributed by atoms with Crippen LogP contribution in [0.15, 0.2) is 11.1 Å². The van der Waals surface area contributed by atoms with Gasteiger partial charge >= 0.3 is 0 Å². The normalized spacial score (nSPS) is 28.8. The van der Waals surface area contributed by atoms with E-state index in [1.807, 2.05) is 0 Å². The number of nitrogens with zero attached hydrogens (tertiary/aromatic N) is 3. The number of nitrogen functional groups attached to an aromatic ring is 1. The minimum atomic E-state index is -1.03. The molecule has 5 N–H and O–H groups in total. The van der Waals surface area contributed by atoms with E-state index in [0.717, 1.165) is 0 Å². The van der Waals surface area contributed by atoms with E-state index in [1.54, 1.807) is 0 Å². The van der Waals surface area contributed by atoms with Crippen LogP contribution in [0.3, 0.4) is 0 Å². The first kappa shape index (κ1) is 13.6. The fraction of sp³-hybridized carbons (Fsp3) is 0.417. The van der Waals surface area contributed by atoms with Gasteiger partial charge in [0, 0.05) is 0 Å². The first-order valence-electron chi connectivity index (χ1n) is 6.19. The average molecular weight is 291 g/mol. The van der Waals surface area contributed by atoms with Gasteiger partial charge in [-0.15, -0.1) is 6.42 Å². The first-order valence-corrected chi connectivity index (χ1v) is 6.19. The second-order valence-corrected chi connectivity index (χ2v) is 4.71. The lowest BCUT2D eigenvalue weighted by Crippen LogP contribution is -2.28. The van der Waals surface area contributed by atoms with Gasteiger partial charge in [0.25, 0.3) is 5.56 Å². The molecule has 9 nitrogen and oxygen atoms in total. The number of aliphatic hydroxyl groups excluding tert-OH is 2. The Hall–Kier alpha value is -2.41. The van der Waals surface area contributed by atoms with Gasteiger partial charge in [0.15, 0.2) is 17.4 Å². The molecule has 0 spiro atoms. The van der Waals surface area contributed by atoms with Crippen molar-refractivity contribution in [1.82, 2.24) is 19.5 Å². The molecule has 0 aromatic carbocycles. The number of ether oxygens (including phenoxy) is 1. The van der Waals surface area contributed by atoms with Crippen molar-refractivity contribution in [2.75, 3.05) is 12.3 Å². The molecule has 2 aromatic heterocycles. The van der Waals surface area contributed by atoms with E-state index in [4.69, 9.17) is 16.9 Å². The minimum absolute atomic E-state index is 0.0660. The maximum Gasteiger partial charge on any atom is 0.280 e. The molecule has 1 saturated heterocycles. The van der Waals surface area contributed by atoms with Gasteiger partial charge in [0.1, 0.15) is 12.2 Å². The molecule has 0 amide bonds. The molecule has 2 aromatic rings. The molecule has 0 radical (unpaired) electrons. The number of rotatable bonds is 2. The van der Waals surface area contributed by atoms with Crippen LogP contribution in [0.5, 0.6) is 0 Å². The number of hydrogen-bond donors (Lipinski definition) is 4. The van der Waals surface area contributed by atoms with Crippen molar-refractivity contribution in [2.24, 2.45) is 5.92 Å². The molecule has 1 aliphatic rings. The van der Waals surface area contributed by atoms with Crippen LogP contribution in [0.25, 0.3) is 11.2 Å². The van der Waals surface area contributed by atoms with Crippen LogP contribution in [-0.2, 0) is 4.74 Å². The summed E-state index contributed by atoms with van der Waals surface area (Å²) in [5.41, 5.74) is 5.33. The zero-order valence-electron chi connectivity index (χ0n) is 10.8. The van der Waals surface area contributed by atoms with Crippen LogP contribution in [0.4, 0.5) is 5.95 Å². The number of fused-ring (bicyclic) bond motifs is 1. The molecule has 0 unspecified atom stereocenters. The summed E-state index contributed by atoms with van der Waals surface area (Å²) in [4.78, 5) is 22.1. The Balaban J connectivity index is 2.13. The van der Waals surface area contributed by atoms with Gasteiger partial charge in [-0.05, 0) is 0 Å². The lowest BCUT2D eigenvalue weighted by molar-refractivity contribution is -0.0441. The van der Waals surface area contributed by atoms with Crippen molar-refractivity contribution in [3.63, 3.8) is 0 Å². The predicted molar refractivity (Wildman–Crippen MR) is 71.9 cm³/mol. The number of imidazole rings is 1. The molecule has 0 aliphatic carbocycles. The molecule has 3 heterocycles. The highest BCUT2D eigenvalue weighted by molar-refractivity contribution is 5.70. The number of hydrogen-bond acceptors (Lipinski definition) is 7. The SMILES string of the molecule is C#C[C@H]1[C@H](O)[C@@H](CO)O[C@H]1n1cnc2c(=O)[nH]c(N)nc21. The van der Waals surface area contributed by atoms with Crippen LogP contribution >= 0.6 is 0 Å². The van der Waals surface area contributed by atoms with Gasteiger partial charge in [-0.25, -0.2) is 4.98 Å². The number of aliphatic hydroxyl groups is 2. The number of nitrogens with one attached hydrogen (secondary N) is 1. The van der Waals surface area contributed by atoms with Crippen molar-refractivity contribution in [2.45, 2.75) is 18.4 Å². The van der Waals surface area contributed by atoms with Crippen molar-refractivity contribution >= 4 is 17.1 Å². The van der Waals surface area contributed by atoms with E-state index in [2.05, 4.69) is 20.9 Å². The maximum atomic E-state index is 11.7. The lowest BCUT2D eigenvalue weighted by atomic mass is 10.0. The molecule has 1 fully saturated rings. The largest absolute Gasteiger partial charge is 0.394 e. The van der Waals surface area contributed by atoms with Gasteiger partial charge in [-0.1, -0.05) is 5.92 Å². The van der Waals surface area contributed by atoms with Crippen LogP contribution in [0, 0.1) is 18.3 Å². The van der Waals surface area contributed by atoms with Gasteiger partial charge < -0.3 is 20.7 Å². The molecular formula is C12H13N5O4. The number of H-pyrrole nitrogens is 1. The number of anilines is 1. The summed E-state index contributed by atoms with van der Waals surface area (Å²) in [6.45, 7) is -0.376. The van der Waals surface area contributed by atoms with E-state index in [9.17, 15) is 15.0 Å². The number of aromatic amines is 1. The van der Waals surface area contributed by atoms with Crippen LogP contribution in [0.2, 0.25) is 0 Å². The van der Waals surface area contributed by atoms with Gasteiger partial charge in [0.05, 0.1) is 18.9 Å². The molecule has 110 valence electrons. The Bertz CT molecular complexity index is 776. The van der Waals surface area contributed by atoms with Crippen molar-refractivity contribution in [3.05, 3.63) is 16.7 Å². The summed E-state index contributed by atoms with van der Waals surface area (Å²) in [7, 11) is 0. The highest BCUT2D eigenvalue weighted by atomic mass is 16.5. The molecule has 9 heteroatoms. The molecule has 0 saturated carbocycles. The summed E-state index contributed by atoms with van der Waals surface area (Å²) in [5.74, 6) is 1.66. The fourth-order valence-electron chi connectivity index (χ4n) is 2.44. The van der Waals surface area contributed by atoms with E-state index in [1.165, 1.54) is 10.9 Å². The van der Waals surface area contributed by atoms with Crippen LogP contribution in [-0.4, -0.2) is 48.5 Å². The van der Waals surface area contributed by atoms with Gasteiger partial charge in [-0.2, -0.15) is 4.98 Å². The zero-order valence-corrected chi connectivity index (χ0v) is 10.8. The predicted octanol–water partition coefficient (Wildman–Crippen LogP) is -1.80. The summed E-state index contributed by atoms with van der Waals surface area (Å²) >= 11 is 0. The monoisotopic (exact) mass is 291 g/mol. The van der Waals surface area contributed by atoms with Crippen LogP contribution in [0.1, 0.15) is 6.23 Å². The Labute approximate surface area is 118 Å². The van der Waals surface area contributed by atoms with Gasteiger partial charge in [-0.3, -0.25) is 14.3 Å². The van der Waals surface area contributed by atoms with Crippen LogP contribution < -0.4 is 11.3 Å². The first-order chi connectivity index (χ1) is 10.1. The smallest absolute Gasteiger partial charge is 0.280 e. The molecule has 21 heavy (non-hydrogen) atoms. The van der Waals surface area contributed by atoms with E-state index < -0.39 is 29.9 Å². The number of aromatic nitrogens is 4. The van der Waals surface area contributed by atoms with E-state index in [-0.39, 0.29) is 23.7 Å². The van der Waals surface area contributed by atoms with E-state index >= 15 is 0 Å². The Morgan fingerprint density at radius 1 is 1.62 bits per heavy atom. The molecular weight excluding hydrogens is 278 g/mol. The minimum Gasteiger partial charge on any atom is -0.394 e. The summed E-state index contributed by atoms with van der Waals surface area (Å²) in [6.07, 6.45) is 4.14.